The average Bonchev–Trinajstić information content (AvgIpc) is 2.52. The topological polar surface area (TPSA) is 29.5 Å². The van der Waals surface area contributed by atoms with Crippen LogP contribution >= 0.6 is 0 Å². The Kier molecular flexibility index (Phi) is 16.4. The highest BCUT2D eigenvalue weighted by Crippen LogP contribution is 2.05. The maximum atomic E-state index is 12.3. The fourth-order valence-corrected chi connectivity index (χ4v) is 2.52. The van der Waals surface area contributed by atoms with E-state index in [0.29, 0.717) is 13.0 Å². The SMILES string of the molecule is CCCCCCOCCC(=O)N(CCCCC)CCCCC. The fraction of sp³-hybridized carbons (Fsp3) is 0.947. The van der Waals surface area contributed by atoms with Crippen molar-refractivity contribution in [2.75, 3.05) is 26.3 Å². The second kappa shape index (κ2) is 16.8. The van der Waals surface area contributed by atoms with Crippen molar-refractivity contribution in [3.05, 3.63) is 0 Å². The van der Waals surface area contributed by atoms with Gasteiger partial charge in [-0.25, -0.2) is 0 Å². The average molecular weight is 314 g/mol. The molecule has 0 N–H and O–H groups in total. The van der Waals surface area contributed by atoms with Gasteiger partial charge in [0.05, 0.1) is 13.0 Å². The maximum Gasteiger partial charge on any atom is 0.224 e. The summed E-state index contributed by atoms with van der Waals surface area (Å²) in [7, 11) is 0. The van der Waals surface area contributed by atoms with Crippen LogP contribution in [0.3, 0.4) is 0 Å². The highest BCUT2D eigenvalue weighted by molar-refractivity contribution is 5.76. The molecule has 0 aromatic heterocycles. The Hall–Kier alpha value is -0.570. The summed E-state index contributed by atoms with van der Waals surface area (Å²) in [5.74, 6) is 0.278. The molecule has 0 saturated heterocycles. The van der Waals surface area contributed by atoms with E-state index in [0.717, 1.165) is 39.0 Å². The standard InChI is InChI=1S/C19H39NO2/c1-4-7-10-13-17-22-18-14-19(21)20(15-11-8-5-2)16-12-9-6-3/h4-18H2,1-3H3. The maximum absolute atomic E-state index is 12.3. The zero-order valence-electron chi connectivity index (χ0n) is 15.4. The first kappa shape index (κ1) is 21.4. The fourth-order valence-electron chi connectivity index (χ4n) is 2.52. The molecule has 0 heterocycles. The van der Waals surface area contributed by atoms with Crippen LogP contribution in [0.15, 0.2) is 0 Å². The van der Waals surface area contributed by atoms with Gasteiger partial charge in [0.1, 0.15) is 0 Å². The molecule has 3 heteroatoms. The van der Waals surface area contributed by atoms with Gasteiger partial charge in [0, 0.05) is 19.7 Å². The Labute approximate surface area is 138 Å². The largest absolute Gasteiger partial charge is 0.381 e. The van der Waals surface area contributed by atoms with Gasteiger partial charge in [0.25, 0.3) is 0 Å². The van der Waals surface area contributed by atoms with Gasteiger partial charge in [-0.3, -0.25) is 4.79 Å². The van der Waals surface area contributed by atoms with E-state index in [9.17, 15) is 4.79 Å². The van der Waals surface area contributed by atoms with Crippen molar-refractivity contribution in [1.82, 2.24) is 4.90 Å². The van der Waals surface area contributed by atoms with Gasteiger partial charge in [-0.15, -0.1) is 0 Å². The number of hydrogen-bond donors (Lipinski definition) is 0. The molecule has 3 nitrogen and oxygen atoms in total. The molecule has 0 saturated carbocycles. The van der Waals surface area contributed by atoms with E-state index in [1.807, 2.05) is 0 Å². The van der Waals surface area contributed by atoms with Gasteiger partial charge >= 0.3 is 0 Å². The van der Waals surface area contributed by atoms with Crippen LogP contribution in [-0.4, -0.2) is 37.1 Å². The number of carbonyl (C=O) groups is 1. The van der Waals surface area contributed by atoms with Crippen molar-refractivity contribution < 1.29 is 9.53 Å². The first-order valence-electron chi connectivity index (χ1n) is 9.61. The molecule has 0 aliphatic carbocycles. The minimum absolute atomic E-state index is 0.278. The van der Waals surface area contributed by atoms with E-state index in [1.54, 1.807) is 0 Å². The summed E-state index contributed by atoms with van der Waals surface area (Å²) in [5, 5.41) is 0. The van der Waals surface area contributed by atoms with Gasteiger partial charge in [0.15, 0.2) is 0 Å². The first-order chi connectivity index (χ1) is 10.8. The molecule has 0 bridgehead atoms. The van der Waals surface area contributed by atoms with Crippen molar-refractivity contribution in [3.63, 3.8) is 0 Å². The molecule has 0 aromatic carbocycles. The lowest BCUT2D eigenvalue weighted by atomic mass is 10.2. The molecular weight excluding hydrogens is 274 g/mol. The summed E-state index contributed by atoms with van der Waals surface area (Å²) >= 11 is 0. The zero-order chi connectivity index (χ0) is 16.5. The van der Waals surface area contributed by atoms with Crippen LogP contribution in [0.5, 0.6) is 0 Å². The van der Waals surface area contributed by atoms with Crippen LogP contribution in [0.1, 0.15) is 91.4 Å². The number of nitrogens with zero attached hydrogens (tertiary/aromatic N) is 1. The van der Waals surface area contributed by atoms with E-state index in [-0.39, 0.29) is 5.91 Å². The molecule has 0 unspecified atom stereocenters. The Morgan fingerprint density at radius 3 is 1.82 bits per heavy atom. The smallest absolute Gasteiger partial charge is 0.224 e. The number of hydrogen-bond acceptors (Lipinski definition) is 2. The predicted octanol–water partition coefficient (Wildman–Crippen LogP) is 5.18. The molecular formula is C19H39NO2. The second-order valence-electron chi connectivity index (χ2n) is 6.22. The van der Waals surface area contributed by atoms with E-state index in [4.69, 9.17) is 4.74 Å². The molecule has 0 aromatic rings. The van der Waals surface area contributed by atoms with Gasteiger partial charge in [-0.1, -0.05) is 65.7 Å². The summed E-state index contributed by atoms with van der Waals surface area (Å²) in [4.78, 5) is 14.4. The number of unbranched alkanes of at least 4 members (excludes halogenated alkanes) is 7. The van der Waals surface area contributed by atoms with Crippen LogP contribution in [-0.2, 0) is 9.53 Å². The number of carbonyl (C=O) groups excluding carboxylic acids is 1. The second-order valence-corrected chi connectivity index (χ2v) is 6.22. The van der Waals surface area contributed by atoms with E-state index >= 15 is 0 Å². The molecule has 0 aliphatic rings. The minimum Gasteiger partial charge on any atom is -0.381 e. The third-order valence-electron chi connectivity index (χ3n) is 4.02. The molecule has 0 fully saturated rings. The molecule has 0 aliphatic heterocycles. The van der Waals surface area contributed by atoms with Crippen LogP contribution in [0.25, 0.3) is 0 Å². The lowest BCUT2D eigenvalue weighted by Gasteiger charge is -2.22. The minimum atomic E-state index is 0.278. The third-order valence-corrected chi connectivity index (χ3v) is 4.02. The van der Waals surface area contributed by atoms with E-state index < -0.39 is 0 Å². The van der Waals surface area contributed by atoms with Gasteiger partial charge in [-0.05, 0) is 19.3 Å². The monoisotopic (exact) mass is 313 g/mol. The van der Waals surface area contributed by atoms with Crippen LogP contribution in [0.4, 0.5) is 0 Å². The van der Waals surface area contributed by atoms with Crippen molar-refractivity contribution in [3.8, 4) is 0 Å². The van der Waals surface area contributed by atoms with E-state index in [2.05, 4.69) is 25.7 Å². The number of ether oxygens (including phenoxy) is 1. The summed E-state index contributed by atoms with van der Waals surface area (Å²) < 4.78 is 5.60. The summed E-state index contributed by atoms with van der Waals surface area (Å²) in [5.41, 5.74) is 0. The van der Waals surface area contributed by atoms with E-state index in [1.165, 1.54) is 44.9 Å². The Morgan fingerprint density at radius 1 is 0.727 bits per heavy atom. The number of rotatable bonds is 16. The van der Waals surface area contributed by atoms with Gasteiger partial charge in [0.2, 0.25) is 5.91 Å². The molecule has 0 atom stereocenters. The highest BCUT2D eigenvalue weighted by atomic mass is 16.5. The molecule has 0 spiro atoms. The van der Waals surface area contributed by atoms with Crippen LogP contribution in [0.2, 0.25) is 0 Å². The zero-order valence-corrected chi connectivity index (χ0v) is 15.4. The van der Waals surface area contributed by atoms with Crippen LogP contribution < -0.4 is 0 Å². The highest BCUT2D eigenvalue weighted by Gasteiger charge is 2.12. The quantitative estimate of drug-likeness (QED) is 0.367. The summed E-state index contributed by atoms with van der Waals surface area (Å²) in [6, 6.07) is 0. The van der Waals surface area contributed by atoms with Crippen molar-refractivity contribution >= 4 is 5.91 Å². The van der Waals surface area contributed by atoms with Crippen LogP contribution in [0, 0.1) is 0 Å². The summed E-state index contributed by atoms with van der Waals surface area (Å²) in [6.07, 6.45) is 12.6. The third kappa shape index (κ3) is 13.1. The van der Waals surface area contributed by atoms with Gasteiger partial charge in [-0.2, -0.15) is 0 Å². The normalized spacial score (nSPS) is 10.9. The summed E-state index contributed by atoms with van der Waals surface area (Å²) in [6.45, 7) is 9.86. The lowest BCUT2D eigenvalue weighted by Crippen LogP contribution is -2.33. The van der Waals surface area contributed by atoms with Gasteiger partial charge < -0.3 is 9.64 Å². The molecule has 0 radical (unpaired) electrons. The Balaban J connectivity index is 3.83. The Morgan fingerprint density at radius 2 is 1.27 bits per heavy atom. The molecule has 1 amide bonds. The predicted molar refractivity (Wildman–Crippen MR) is 95.2 cm³/mol. The Bertz CT molecular complexity index is 234. The molecule has 0 rings (SSSR count). The molecule has 22 heavy (non-hydrogen) atoms. The lowest BCUT2D eigenvalue weighted by molar-refractivity contribution is -0.132. The van der Waals surface area contributed by atoms with Crippen molar-refractivity contribution in [2.24, 2.45) is 0 Å². The van der Waals surface area contributed by atoms with Crippen molar-refractivity contribution in [1.29, 1.82) is 0 Å². The number of amides is 1. The first-order valence-corrected chi connectivity index (χ1v) is 9.61. The van der Waals surface area contributed by atoms with Crippen molar-refractivity contribution in [2.45, 2.75) is 91.4 Å². The molecule has 132 valence electrons.